The maximum absolute atomic E-state index is 13.1. The molecule has 2 heterocycles. The van der Waals surface area contributed by atoms with E-state index in [-0.39, 0.29) is 36.6 Å². The Bertz CT molecular complexity index is 1040. The molecule has 6 heteroatoms. The maximum Gasteiger partial charge on any atom is 0.416 e. The van der Waals surface area contributed by atoms with Gasteiger partial charge in [-0.15, -0.1) is 0 Å². The van der Waals surface area contributed by atoms with E-state index >= 15 is 0 Å². The number of amides is 1. The van der Waals surface area contributed by atoms with Crippen molar-refractivity contribution in [1.29, 1.82) is 0 Å². The fourth-order valence-corrected chi connectivity index (χ4v) is 5.19. The summed E-state index contributed by atoms with van der Waals surface area (Å²) in [5.74, 6) is -0.0464. The Morgan fingerprint density at radius 3 is 2.23 bits per heavy atom. The zero-order chi connectivity index (χ0) is 21.8. The molecule has 0 spiro atoms. The lowest BCUT2D eigenvalue weighted by Gasteiger charge is -2.34. The van der Waals surface area contributed by atoms with Gasteiger partial charge in [-0.3, -0.25) is 4.90 Å². The number of hydrogen-bond acceptors (Lipinski definition) is 2. The molecule has 2 aliphatic heterocycles. The Labute approximate surface area is 178 Å². The summed E-state index contributed by atoms with van der Waals surface area (Å²) in [5.41, 5.74) is 3.94. The Hall–Kier alpha value is -3.02. The lowest BCUT2D eigenvalue weighted by Crippen LogP contribution is -2.44. The second-order valence-corrected chi connectivity index (χ2v) is 8.38. The van der Waals surface area contributed by atoms with Gasteiger partial charge in [0, 0.05) is 12.0 Å². The van der Waals surface area contributed by atoms with Gasteiger partial charge >= 0.3 is 12.3 Å². The Balaban J connectivity index is 1.32. The van der Waals surface area contributed by atoms with E-state index < -0.39 is 17.8 Å². The molecule has 2 atom stereocenters. The van der Waals surface area contributed by atoms with Gasteiger partial charge in [-0.25, -0.2) is 4.79 Å². The van der Waals surface area contributed by atoms with Gasteiger partial charge in [0.1, 0.15) is 6.61 Å². The van der Waals surface area contributed by atoms with Crippen molar-refractivity contribution in [3.63, 3.8) is 0 Å². The van der Waals surface area contributed by atoms with Crippen molar-refractivity contribution >= 4 is 6.09 Å². The van der Waals surface area contributed by atoms with E-state index in [1.807, 2.05) is 24.3 Å². The van der Waals surface area contributed by atoms with E-state index in [9.17, 15) is 18.0 Å². The third kappa shape index (κ3) is 3.34. The Morgan fingerprint density at radius 2 is 1.65 bits per heavy atom. The average Bonchev–Trinajstić information content (AvgIpc) is 3.22. The third-order valence-corrected chi connectivity index (χ3v) is 6.67. The Morgan fingerprint density at radius 1 is 1.03 bits per heavy atom. The molecule has 2 bridgehead atoms. The number of alkyl halides is 3. The molecule has 1 amide bonds. The first-order valence-corrected chi connectivity index (χ1v) is 10.4. The molecule has 1 aliphatic carbocycles. The highest BCUT2D eigenvalue weighted by molar-refractivity contribution is 5.79. The monoisotopic (exact) mass is 425 g/mol. The predicted octanol–water partition coefficient (Wildman–Crippen LogP) is 6.22. The summed E-state index contributed by atoms with van der Waals surface area (Å²) in [7, 11) is 0. The first-order chi connectivity index (χ1) is 14.8. The highest BCUT2D eigenvalue weighted by atomic mass is 19.4. The standard InChI is InChI=1S/C25H22F3NO2/c1-15(25(26,27)28)16-12-17-10-11-18(13-16)29(17)24(30)31-14-23-21-8-4-2-6-19(21)20-7-3-5-9-22(20)23/h2-9,12,17-18,23H,1,10-11,13-14H2. The summed E-state index contributed by atoms with van der Waals surface area (Å²) >= 11 is 0. The van der Waals surface area contributed by atoms with Crippen molar-refractivity contribution in [1.82, 2.24) is 4.90 Å². The second-order valence-electron chi connectivity index (χ2n) is 8.38. The van der Waals surface area contributed by atoms with Crippen LogP contribution in [0, 0.1) is 0 Å². The molecule has 0 radical (unpaired) electrons. The lowest BCUT2D eigenvalue weighted by molar-refractivity contribution is -0.0895. The molecule has 0 aromatic heterocycles. The number of carbonyl (C=O) groups excluding carboxylic acids is 1. The van der Waals surface area contributed by atoms with Crippen LogP contribution in [0.3, 0.4) is 0 Å². The van der Waals surface area contributed by atoms with Crippen molar-refractivity contribution in [3.05, 3.63) is 83.5 Å². The van der Waals surface area contributed by atoms with Crippen molar-refractivity contribution in [2.45, 2.75) is 43.4 Å². The van der Waals surface area contributed by atoms with Crippen LogP contribution in [0.1, 0.15) is 36.3 Å². The van der Waals surface area contributed by atoms with Crippen LogP contribution in [0.25, 0.3) is 11.1 Å². The average molecular weight is 425 g/mol. The van der Waals surface area contributed by atoms with Crippen molar-refractivity contribution < 1.29 is 22.7 Å². The summed E-state index contributed by atoms with van der Waals surface area (Å²) in [4.78, 5) is 14.6. The van der Waals surface area contributed by atoms with Gasteiger partial charge in [-0.2, -0.15) is 13.2 Å². The number of allylic oxidation sites excluding steroid dienone is 1. The summed E-state index contributed by atoms with van der Waals surface area (Å²) < 4.78 is 44.9. The number of nitrogens with zero attached hydrogens (tertiary/aromatic N) is 1. The van der Waals surface area contributed by atoms with E-state index in [2.05, 4.69) is 30.8 Å². The van der Waals surface area contributed by atoms with Crippen LogP contribution in [0.15, 0.2) is 72.3 Å². The fourth-order valence-electron chi connectivity index (χ4n) is 5.19. The van der Waals surface area contributed by atoms with Gasteiger partial charge in [0.15, 0.2) is 0 Å². The first kappa shape index (κ1) is 19.9. The minimum absolute atomic E-state index is 0.0464. The molecule has 31 heavy (non-hydrogen) atoms. The van der Waals surface area contributed by atoms with Crippen molar-refractivity contribution in [2.24, 2.45) is 0 Å². The minimum Gasteiger partial charge on any atom is -0.448 e. The SMILES string of the molecule is C=C(C1=CC2CCC(C1)N2C(=O)OCC1c2ccccc2-c2ccccc21)C(F)(F)F. The van der Waals surface area contributed by atoms with Gasteiger partial charge in [-0.1, -0.05) is 61.2 Å². The molecule has 1 fully saturated rings. The lowest BCUT2D eigenvalue weighted by atomic mass is 9.95. The number of hydrogen-bond donors (Lipinski definition) is 0. The van der Waals surface area contributed by atoms with Crippen LogP contribution >= 0.6 is 0 Å². The summed E-state index contributed by atoms with van der Waals surface area (Å²) in [6.07, 6.45) is -1.89. The molecule has 160 valence electrons. The van der Waals surface area contributed by atoms with Crippen molar-refractivity contribution in [2.75, 3.05) is 6.61 Å². The second kappa shape index (κ2) is 7.29. The van der Waals surface area contributed by atoms with E-state index in [1.165, 1.54) is 0 Å². The zero-order valence-corrected chi connectivity index (χ0v) is 16.9. The summed E-state index contributed by atoms with van der Waals surface area (Å²) in [6, 6.07) is 15.5. The van der Waals surface area contributed by atoms with Crippen LogP contribution in [-0.2, 0) is 4.74 Å². The molecule has 0 saturated carbocycles. The van der Waals surface area contributed by atoms with Crippen LogP contribution in [-0.4, -0.2) is 35.9 Å². The van der Waals surface area contributed by atoms with Gasteiger partial charge in [0.05, 0.1) is 11.6 Å². The molecule has 2 aromatic rings. The maximum atomic E-state index is 13.1. The smallest absolute Gasteiger partial charge is 0.416 e. The molecule has 2 unspecified atom stereocenters. The molecule has 5 rings (SSSR count). The molecular formula is C25H22F3NO2. The van der Waals surface area contributed by atoms with Gasteiger partial charge in [0.25, 0.3) is 0 Å². The predicted molar refractivity (Wildman–Crippen MR) is 112 cm³/mol. The molecular weight excluding hydrogens is 403 g/mol. The molecule has 3 aliphatic rings. The number of halogens is 3. The quantitative estimate of drug-likeness (QED) is 0.585. The highest BCUT2D eigenvalue weighted by Gasteiger charge is 2.44. The van der Waals surface area contributed by atoms with E-state index in [0.29, 0.717) is 12.8 Å². The first-order valence-electron chi connectivity index (χ1n) is 10.4. The van der Waals surface area contributed by atoms with E-state index in [1.54, 1.807) is 11.0 Å². The Kier molecular flexibility index (Phi) is 4.68. The van der Waals surface area contributed by atoms with E-state index in [4.69, 9.17) is 4.74 Å². The van der Waals surface area contributed by atoms with E-state index in [0.717, 1.165) is 22.3 Å². The summed E-state index contributed by atoms with van der Waals surface area (Å²) in [5, 5.41) is 0. The largest absolute Gasteiger partial charge is 0.448 e. The molecule has 2 aromatic carbocycles. The number of benzene rings is 2. The van der Waals surface area contributed by atoms with Crippen molar-refractivity contribution in [3.8, 4) is 11.1 Å². The molecule has 3 nitrogen and oxygen atoms in total. The molecule has 1 saturated heterocycles. The van der Waals surface area contributed by atoms with Gasteiger partial charge in [0.2, 0.25) is 0 Å². The number of ether oxygens (including phenoxy) is 1. The fraction of sp³-hybridized carbons (Fsp3) is 0.320. The van der Waals surface area contributed by atoms with Crippen LogP contribution in [0.2, 0.25) is 0 Å². The summed E-state index contributed by atoms with van der Waals surface area (Å²) in [6.45, 7) is 3.42. The van der Waals surface area contributed by atoms with Crippen LogP contribution in [0.5, 0.6) is 0 Å². The topological polar surface area (TPSA) is 29.5 Å². The number of rotatable bonds is 3. The number of fused-ring (bicyclic) bond motifs is 5. The van der Waals surface area contributed by atoms with Crippen LogP contribution < -0.4 is 0 Å². The van der Waals surface area contributed by atoms with Crippen LogP contribution in [0.4, 0.5) is 18.0 Å². The van der Waals surface area contributed by atoms with Gasteiger partial charge in [-0.05, 0) is 47.1 Å². The third-order valence-electron chi connectivity index (χ3n) is 6.67. The normalized spacial score (nSPS) is 22.0. The molecule has 0 N–H and O–H groups in total. The van der Waals surface area contributed by atoms with Gasteiger partial charge < -0.3 is 4.74 Å². The minimum atomic E-state index is -4.45. The highest BCUT2D eigenvalue weighted by Crippen LogP contribution is 2.45. The zero-order valence-electron chi connectivity index (χ0n) is 16.9. The number of carbonyl (C=O) groups is 1.